The molecular formula is C16H15ClN2S. The molecule has 3 rings (SSSR count). The molecule has 2 aromatic carbocycles. The number of nitrogens with two attached hydrogens (primary N) is 1. The van der Waals surface area contributed by atoms with Crippen molar-refractivity contribution in [2.24, 2.45) is 5.73 Å². The number of aromatic nitrogens is 1. The Labute approximate surface area is 127 Å². The van der Waals surface area contributed by atoms with Crippen molar-refractivity contribution in [1.82, 2.24) is 4.98 Å². The molecule has 0 spiro atoms. The van der Waals surface area contributed by atoms with Gasteiger partial charge in [0, 0.05) is 17.4 Å². The Morgan fingerprint density at radius 1 is 1.10 bits per heavy atom. The van der Waals surface area contributed by atoms with Crippen LogP contribution in [0.4, 0.5) is 0 Å². The third-order valence-corrected chi connectivity index (χ3v) is 4.79. The zero-order chi connectivity index (χ0) is 13.9. The van der Waals surface area contributed by atoms with E-state index in [1.165, 1.54) is 4.70 Å². The number of para-hydroxylation sites is 1. The first-order valence-corrected chi connectivity index (χ1v) is 7.76. The van der Waals surface area contributed by atoms with Crippen LogP contribution in [0.15, 0.2) is 48.5 Å². The number of nitrogens with zero attached hydrogens (tertiary/aromatic N) is 1. The standard InChI is InChI=1S/C16H15ClN2S/c17-13-6-2-1-5-12(13)11(10-18)9-16-19-14-7-3-4-8-15(14)20-16/h1-8,11H,9-10,18H2. The number of benzene rings is 2. The largest absolute Gasteiger partial charge is 0.330 e. The number of fused-ring (bicyclic) bond motifs is 1. The Hall–Kier alpha value is -1.42. The monoisotopic (exact) mass is 302 g/mol. The zero-order valence-electron chi connectivity index (χ0n) is 10.9. The van der Waals surface area contributed by atoms with Gasteiger partial charge in [0.05, 0.1) is 15.2 Å². The van der Waals surface area contributed by atoms with Crippen molar-refractivity contribution >= 4 is 33.2 Å². The summed E-state index contributed by atoms with van der Waals surface area (Å²) in [7, 11) is 0. The summed E-state index contributed by atoms with van der Waals surface area (Å²) in [5.74, 6) is 0.212. The average molecular weight is 303 g/mol. The Bertz CT molecular complexity index is 690. The van der Waals surface area contributed by atoms with Gasteiger partial charge < -0.3 is 5.73 Å². The third kappa shape index (κ3) is 2.70. The fourth-order valence-corrected chi connectivity index (χ4v) is 3.68. The van der Waals surface area contributed by atoms with E-state index in [0.29, 0.717) is 6.54 Å². The van der Waals surface area contributed by atoms with Gasteiger partial charge >= 0.3 is 0 Å². The minimum Gasteiger partial charge on any atom is -0.330 e. The molecule has 0 amide bonds. The van der Waals surface area contributed by atoms with Gasteiger partial charge in [-0.3, -0.25) is 0 Å². The molecule has 1 heterocycles. The predicted octanol–water partition coefficient (Wildman–Crippen LogP) is 4.23. The summed E-state index contributed by atoms with van der Waals surface area (Å²) in [6.45, 7) is 0.569. The van der Waals surface area contributed by atoms with E-state index in [2.05, 4.69) is 11.1 Å². The molecule has 0 saturated carbocycles. The number of hydrogen-bond donors (Lipinski definition) is 1. The fraction of sp³-hybridized carbons (Fsp3) is 0.188. The average Bonchev–Trinajstić information content (AvgIpc) is 2.88. The highest BCUT2D eigenvalue weighted by molar-refractivity contribution is 7.18. The molecule has 0 bridgehead atoms. The lowest BCUT2D eigenvalue weighted by atomic mass is 9.96. The molecule has 0 aliphatic rings. The Balaban J connectivity index is 1.90. The molecule has 102 valence electrons. The summed E-state index contributed by atoms with van der Waals surface area (Å²) in [5, 5.41) is 1.89. The van der Waals surface area contributed by atoms with Gasteiger partial charge in [-0.05, 0) is 30.3 Å². The Kier molecular flexibility index (Phi) is 4.01. The second-order valence-corrected chi connectivity index (χ2v) is 6.26. The molecule has 2 N–H and O–H groups in total. The molecule has 20 heavy (non-hydrogen) atoms. The molecule has 1 atom stereocenters. The summed E-state index contributed by atoms with van der Waals surface area (Å²) < 4.78 is 1.22. The zero-order valence-corrected chi connectivity index (χ0v) is 12.5. The van der Waals surface area contributed by atoms with Gasteiger partial charge in [0.1, 0.15) is 0 Å². The highest BCUT2D eigenvalue weighted by atomic mass is 35.5. The van der Waals surface area contributed by atoms with Crippen LogP contribution in [0.1, 0.15) is 16.5 Å². The first-order chi connectivity index (χ1) is 9.78. The van der Waals surface area contributed by atoms with Crippen LogP contribution in [-0.2, 0) is 6.42 Å². The Morgan fingerprint density at radius 3 is 2.60 bits per heavy atom. The van der Waals surface area contributed by atoms with Crippen molar-refractivity contribution in [3.05, 3.63) is 64.1 Å². The molecular weight excluding hydrogens is 288 g/mol. The highest BCUT2D eigenvalue weighted by Gasteiger charge is 2.16. The van der Waals surface area contributed by atoms with Crippen molar-refractivity contribution in [2.75, 3.05) is 6.54 Å². The van der Waals surface area contributed by atoms with E-state index >= 15 is 0 Å². The molecule has 0 radical (unpaired) electrons. The minimum absolute atomic E-state index is 0.212. The van der Waals surface area contributed by atoms with E-state index in [1.807, 2.05) is 42.5 Å². The summed E-state index contributed by atoms with van der Waals surface area (Å²) >= 11 is 8.00. The van der Waals surface area contributed by atoms with Crippen LogP contribution in [0.3, 0.4) is 0 Å². The first kappa shape index (κ1) is 13.6. The molecule has 2 nitrogen and oxygen atoms in total. The van der Waals surface area contributed by atoms with Crippen molar-refractivity contribution in [3.8, 4) is 0 Å². The molecule has 4 heteroatoms. The lowest BCUT2D eigenvalue weighted by Gasteiger charge is -2.15. The maximum Gasteiger partial charge on any atom is 0.0945 e. The second-order valence-electron chi connectivity index (χ2n) is 4.73. The quantitative estimate of drug-likeness (QED) is 0.783. The lowest BCUT2D eigenvalue weighted by Crippen LogP contribution is -2.15. The van der Waals surface area contributed by atoms with Crippen molar-refractivity contribution < 1.29 is 0 Å². The number of rotatable bonds is 4. The van der Waals surface area contributed by atoms with Gasteiger partial charge in [0.2, 0.25) is 0 Å². The maximum atomic E-state index is 6.27. The van der Waals surface area contributed by atoms with Crippen molar-refractivity contribution in [1.29, 1.82) is 0 Å². The molecule has 0 saturated heterocycles. The van der Waals surface area contributed by atoms with E-state index < -0.39 is 0 Å². The normalized spacial score (nSPS) is 12.7. The van der Waals surface area contributed by atoms with Crippen molar-refractivity contribution in [3.63, 3.8) is 0 Å². The van der Waals surface area contributed by atoms with Gasteiger partial charge in [-0.25, -0.2) is 4.98 Å². The van der Waals surface area contributed by atoms with Gasteiger partial charge in [-0.1, -0.05) is 41.9 Å². The minimum atomic E-state index is 0.212. The third-order valence-electron chi connectivity index (χ3n) is 3.39. The van der Waals surface area contributed by atoms with Gasteiger partial charge in [-0.15, -0.1) is 11.3 Å². The van der Waals surface area contributed by atoms with Crippen LogP contribution in [0.2, 0.25) is 5.02 Å². The summed E-state index contributed by atoms with van der Waals surface area (Å²) in [6, 6.07) is 16.1. The summed E-state index contributed by atoms with van der Waals surface area (Å²) in [4.78, 5) is 4.68. The molecule has 1 aromatic heterocycles. The van der Waals surface area contributed by atoms with Crippen LogP contribution in [0, 0.1) is 0 Å². The van der Waals surface area contributed by atoms with Crippen LogP contribution in [0.5, 0.6) is 0 Å². The highest BCUT2D eigenvalue weighted by Crippen LogP contribution is 2.30. The van der Waals surface area contributed by atoms with Gasteiger partial charge in [0.25, 0.3) is 0 Å². The van der Waals surface area contributed by atoms with Crippen LogP contribution >= 0.6 is 22.9 Å². The topological polar surface area (TPSA) is 38.9 Å². The number of halogens is 1. The van der Waals surface area contributed by atoms with Crippen LogP contribution in [-0.4, -0.2) is 11.5 Å². The molecule has 0 aliphatic carbocycles. The van der Waals surface area contributed by atoms with E-state index in [9.17, 15) is 0 Å². The van der Waals surface area contributed by atoms with Gasteiger partial charge in [-0.2, -0.15) is 0 Å². The van der Waals surface area contributed by atoms with Crippen LogP contribution in [0.25, 0.3) is 10.2 Å². The Morgan fingerprint density at radius 2 is 1.85 bits per heavy atom. The van der Waals surface area contributed by atoms with Gasteiger partial charge in [0.15, 0.2) is 0 Å². The van der Waals surface area contributed by atoms with Crippen molar-refractivity contribution in [2.45, 2.75) is 12.3 Å². The summed E-state index contributed by atoms with van der Waals surface area (Å²) in [6.07, 6.45) is 0.833. The smallest absolute Gasteiger partial charge is 0.0945 e. The van der Waals surface area contributed by atoms with E-state index in [1.54, 1.807) is 11.3 Å². The molecule has 0 fully saturated rings. The SMILES string of the molecule is NCC(Cc1nc2ccccc2s1)c1ccccc1Cl. The molecule has 3 aromatic rings. The van der Waals surface area contributed by atoms with E-state index in [-0.39, 0.29) is 5.92 Å². The second kappa shape index (κ2) is 5.92. The number of hydrogen-bond acceptors (Lipinski definition) is 3. The summed E-state index contributed by atoms with van der Waals surface area (Å²) in [5.41, 5.74) is 8.10. The first-order valence-electron chi connectivity index (χ1n) is 6.57. The predicted molar refractivity (Wildman–Crippen MR) is 86.6 cm³/mol. The van der Waals surface area contributed by atoms with E-state index in [0.717, 1.165) is 27.5 Å². The van der Waals surface area contributed by atoms with Crippen LogP contribution < -0.4 is 5.73 Å². The number of thiazole rings is 1. The fourth-order valence-electron chi connectivity index (χ4n) is 2.34. The molecule has 1 unspecified atom stereocenters. The molecule has 0 aliphatic heterocycles. The van der Waals surface area contributed by atoms with E-state index in [4.69, 9.17) is 17.3 Å². The maximum absolute atomic E-state index is 6.27. The lowest BCUT2D eigenvalue weighted by molar-refractivity contribution is 0.692.